The average molecular weight is 323 g/mol. The zero-order chi connectivity index (χ0) is 13.9. The van der Waals surface area contributed by atoms with Crippen molar-refractivity contribution in [2.24, 2.45) is 0 Å². The topological polar surface area (TPSA) is 41.1 Å². The Morgan fingerprint density at radius 1 is 1.24 bits per heavy atom. The van der Waals surface area contributed by atoms with Gasteiger partial charge in [0.05, 0.1) is 6.42 Å². The molecule has 2 N–H and O–H groups in total. The van der Waals surface area contributed by atoms with Crippen molar-refractivity contribution in [2.45, 2.75) is 33.0 Å². The highest BCUT2D eigenvalue weighted by atomic mass is 35.5. The Kier molecular flexibility index (Phi) is 5.39. The summed E-state index contributed by atoms with van der Waals surface area (Å²) in [6, 6.07) is 10.5. The summed E-state index contributed by atoms with van der Waals surface area (Å²) >= 11 is 1.68. The van der Waals surface area contributed by atoms with Crippen molar-refractivity contribution in [3.05, 3.63) is 56.8 Å². The van der Waals surface area contributed by atoms with E-state index in [-0.39, 0.29) is 18.3 Å². The van der Waals surface area contributed by atoms with Crippen LogP contribution in [0.2, 0.25) is 0 Å². The molecule has 0 unspecified atom stereocenters. The fourth-order valence-corrected chi connectivity index (χ4v) is 3.35. The van der Waals surface area contributed by atoms with Crippen LogP contribution in [0.3, 0.4) is 0 Å². The lowest BCUT2D eigenvalue weighted by atomic mass is 10.1. The van der Waals surface area contributed by atoms with Crippen molar-refractivity contribution >= 4 is 29.7 Å². The first-order valence-corrected chi connectivity index (χ1v) is 7.66. The lowest BCUT2D eigenvalue weighted by Gasteiger charge is -2.06. The number of halogens is 1. The third-order valence-corrected chi connectivity index (χ3v) is 4.52. The number of hydrogen-bond donors (Lipinski definition) is 2. The molecule has 0 atom stereocenters. The Labute approximate surface area is 135 Å². The highest BCUT2D eigenvalue weighted by Crippen LogP contribution is 2.17. The van der Waals surface area contributed by atoms with Gasteiger partial charge in [-0.15, -0.1) is 23.7 Å². The van der Waals surface area contributed by atoms with E-state index in [0.29, 0.717) is 13.0 Å². The maximum absolute atomic E-state index is 11.9. The number of aryl methyl sites for hydroxylation is 1. The van der Waals surface area contributed by atoms with Gasteiger partial charge in [-0.2, -0.15) is 0 Å². The fourth-order valence-electron chi connectivity index (χ4n) is 2.46. The van der Waals surface area contributed by atoms with Crippen LogP contribution in [-0.2, 0) is 30.8 Å². The summed E-state index contributed by atoms with van der Waals surface area (Å²) < 4.78 is 0. The summed E-state index contributed by atoms with van der Waals surface area (Å²) in [5.41, 5.74) is 3.89. The van der Waals surface area contributed by atoms with Crippen LogP contribution in [0.4, 0.5) is 0 Å². The van der Waals surface area contributed by atoms with Crippen LogP contribution in [0.5, 0.6) is 0 Å². The zero-order valence-corrected chi connectivity index (χ0v) is 13.6. The van der Waals surface area contributed by atoms with Gasteiger partial charge in [-0.3, -0.25) is 4.79 Å². The van der Waals surface area contributed by atoms with Crippen molar-refractivity contribution in [1.29, 1.82) is 0 Å². The molecule has 1 amide bonds. The van der Waals surface area contributed by atoms with Crippen LogP contribution in [0, 0.1) is 6.92 Å². The molecule has 5 heteroatoms. The number of thiophene rings is 1. The molecule has 1 aliphatic rings. The molecule has 0 spiro atoms. The number of carbonyl (C=O) groups is 1. The molecule has 1 aromatic carbocycles. The fraction of sp³-hybridized carbons (Fsp3) is 0.312. The van der Waals surface area contributed by atoms with Gasteiger partial charge in [0.15, 0.2) is 0 Å². The summed E-state index contributed by atoms with van der Waals surface area (Å²) in [5.74, 6) is 0.0884. The third-order valence-electron chi connectivity index (χ3n) is 3.52. The largest absolute Gasteiger partial charge is 0.352 e. The van der Waals surface area contributed by atoms with Crippen LogP contribution in [-0.4, -0.2) is 5.91 Å². The molecule has 3 nitrogen and oxygen atoms in total. The maximum Gasteiger partial charge on any atom is 0.225 e. The minimum absolute atomic E-state index is 0. The lowest BCUT2D eigenvalue weighted by Crippen LogP contribution is -2.24. The van der Waals surface area contributed by atoms with E-state index in [2.05, 4.69) is 41.8 Å². The standard InChI is InChI=1S/C16H18N2OS.ClH/c1-11-2-5-15(20-11)7-16(19)18-8-12-3-4-13-9-17-10-14(13)6-12;/h2-6,17H,7-10H2,1H3,(H,18,19);1H. The molecule has 2 aromatic rings. The van der Waals surface area contributed by atoms with E-state index in [1.165, 1.54) is 21.6 Å². The molecule has 0 bridgehead atoms. The van der Waals surface area contributed by atoms with E-state index in [4.69, 9.17) is 0 Å². The number of amides is 1. The van der Waals surface area contributed by atoms with Gasteiger partial charge in [0.1, 0.15) is 0 Å². The predicted molar refractivity (Wildman–Crippen MR) is 88.8 cm³/mol. The molecular weight excluding hydrogens is 304 g/mol. The molecule has 21 heavy (non-hydrogen) atoms. The molecule has 3 rings (SSSR count). The first kappa shape index (κ1) is 16.0. The third kappa shape index (κ3) is 4.06. The van der Waals surface area contributed by atoms with E-state index < -0.39 is 0 Å². The highest BCUT2D eigenvalue weighted by molar-refractivity contribution is 7.12. The van der Waals surface area contributed by atoms with Crippen molar-refractivity contribution < 1.29 is 4.79 Å². The van der Waals surface area contributed by atoms with E-state index in [9.17, 15) is 4.79 Å². The van der Waals surface area contributed by atoms with E-state index in [0.717, 1.165) is 18.0 Å². The normalized spacial score (nSPS) is 12.6. The second-order valence-corrected chi connectivity index (χ2v) is 6.54. The summed E-state index contributed by atoms with van der Waals surface area (Å²) in [5, 5.41) is 6.32. The number of nitrogens with one attached hydrogen (secondary N) is 2. The highest BCUT2D eigenvalue weighted by Gasteiger charge is 2.10. The molecule has 0 aliphatic carbocycles. The summed E-state index contributed by atoms with van der Waals surface area (Å²) in [4.78, 5) is 14.3. The second-order valence-electron chi connectivity index (χ2n) is 5.17. The van der Waals surface area contributed by atoms with Gasteiger partial charge in [-0.1, -0.05) is 18.2 Å². The van der Waals surface area contributed by atoms with Crippen molar-refractivity contribution in [2.75, 3.05) is 0 Å². The van der Waals surface area contributed by atoms with Gasteiger partial charge in [-0.05, 0) is 35.7 Å². The van der Waals surface area contributed by atoms with Crippen LogP contribution in [0.25, 0.3) is 0 Å². The smallest absolute Gasteiger partial charge is 0.225 e. The summed E-state index contributed by atoms with van der Waals surface area (Å²) in [6.45, 7) is 4.56. The minimum Gasteiger partial charge on any atom is -0.352 e. The Hall–Kier alpha value is -1.36. The number of rotatable bonds is 4. The molecule has 0 radical (unpaired) electrons. The van der Waals surface area contributed by atoms with Crippen molar-refractivity contribution in [3.8, 4) is 0 Å². The van der Waals surface area contributed by atoms with Gasteiger partial charge >= 0.3 is 0 Å². The van der Waals surface area contributed by atoms with Crippen LogP contribution >= 0.6 is 23.7 Å². The SMILES string of the molecule is Cc1ccc(CC(=O)NCc2ccc3c(c2)CNC3)s1.Cl. The average Bonchev–Trinajstić information content (AvgIpc) is 3.04. The molecule has 1 aromatic heterocycles. The molecule has 112 valence electrons. The Bertz CT molecular complexity index is 639. The monoisotopic (exact) mass is 322 g/mol. The molecule has 0 fully saturated rings. The van der Waals surface area contributed by atoms with E-state index >= 15 is 0 Å². The maximum atomic E-state index is 11.9. The van der Waals surface area contributed by atoms with Crippen LogP contribution in [0.1, 0.15) is 26.4 Å². The van der Waals surface area contributed by atoms with Crippen molar-refractivity contribution in [1.82, 2.24) is 10.6 Å². The van der Waals surface area contributed by atoms with E-state index in [1.54, 1.807) is 11.3 Å². The van der Waals surface area contributed by atoms with Gasteiger partial charge in [0.25, 0.3) is 0 Å². The minimum atomic E-state index is 0. The van der Waals surface area contributed by atoms with Gasteiger partial charge in [-0.25, -0.2) is 0 Å². The number of carbonyl (C=O) groups excluding carboxylic acids is 1. The second kappa shape index (κ2) is 7.07. The molecule has 1 aliphatic heterocycles. The molecule has 0 saturated carbocycles. The van der Waals surface area contributed by atoms with Crippen molar-refractivity contribution in [3.63, 3.8) is 0 Å². The molecular formula is C16H19ClN2OS. The van der Waals surface area contributed by atoms with E-state index in [1.807, 2.05) is 6.07 Å². The first-order valence-electron chi connectivity index (χ1n) is 6.84. The number of hydrogen-bond acceptors (Lipinski definition) is 3. The van der Waals surface area contributed by atoms with Crippen LogP contribution in [0.15, 0.2) is 30.3 Å². The molecule has 0 saturated heterocycles. The number of fused-ring (bicyclic) bond motifs is 1. The Morgan fingerprint density at radius 2 is 2.05 bits per heavy atom. The quantitative estimate of drug-likeness (QED) is 0.908. The predicted octanol–water partition coefficient (Wildman–Crippen LogP) is 2.94. The number of benzene rings is 1. The Balaban J connectivity index is 0.00000161. The summed E-state index contributed by atoms with van der Waals surface area (Å²) in [7, 11) is 0. The van der Waals surface area contributed by atoms with Gasteiger partial charge in [0, 0.05) is 29.4 Å². The first-order chi connectivity index (χ1) is 9.70. The summed E-state index contributed by atoms with van der Waals surface area (Å²) in [6.07, 6.45) is 0.477. The Morgan fingerprint density at radius 3 is 2.81 bits per heavy atom. The van der Waals surface area contributed by atoms with Gasteiger partial charge in [0.2, 0.25) is 5.91 Å². The molecule has 2 heterocycles. The lowest BCUT2D eigenvalue weighted by molar-refractivity contribution is -0.120. The van der Waals surface area contributed by atoms with Gasteiger partial charge < -0.3 is 10.6 Å². The van der Waals surface area contributed by atoms with Crippen LogP contribution < -0.4 is 10.6 Å². The zero-order valence-electron chi connectivity index (χ0n) is 11.9.